The van der Waals surface area contributed by atoms with Crippen LogP contribution in [0.4, 0.5) is 0 Å². The third kappa shape index (κ3) is 2.59. The van der Waals surface area contributed by atoms with E-state index >= 15 is 0 Å². The van der Waals surface area contributed by atoms with Crippen LogP contribution in [0.2, 0.25) is 0 Å². The Balaban J connectivity index is 2.30. The zero-order valence-electron chi connectivity index (χ0n) is 11.6. The molecule has 0 aromatic heterocycles. The van der Waals surface area contributed by atoms with Crippen LogP contribution in [-0.4, -0.2) is 31.4 Å². The lowest BCUT2D eigenvalue weighted by molar-refractivity contribution is -0.152. The molecule has 0 amide bonds. The number of carboxylic acid groups (broad SMARTS) is 1. The van der Waals surface area contributed by atoms with Crippen molar-refractivity contribution in [3.05, 3.63) is 29.8 Å². The molecule has 1 aliphatic heterocycles. The van der Waals surface area contributed by atoms with E-state index < -0.39 is 11.4 Å². The van der Waals surface area contributed by atoms with Gasteiger partial charge in [-0.25, -0.2) is 0 Å². The van der Waals surface area contributed by atoms with Crippen molar-refractivity contribution in [3.8, 4) is 5.75 Å². The maximum Gasteiger partial charge on any atom is 0.309 e. The van der Waals surface area contributed by atoms with Crippen molar-refractivity contribution in [2.75, 3.05) is 20.3 Å². The van der Waals surface area contributed by atoms with Gasteiger partial charge in [-0.05, 0) is 38.0 Å². The second kappa shape index (κ2) is 4.85. The van der Waals surface area contributed by atoms with E-state index in [1.165, 1.54) is 0 Å². The minimum Gasteiger partial charge on any atom is -0.497 e. The van der Waals surface area contributed by atoms with Crippen LogP contribution in [0.25, 0.3) is 0 Å². The fourth-order valence-electron chi connectivity index (χ4n) is 2.59. The van der Waals surface area contributed by atoms with E-state index in [1.807, 2.05) is 24.3 Å². The van der Waals surface area contributed by atoms with Crippen molar-refractivity contribution in [2.45, 2.75) is 25.7 Å². The lowest BCUT2D eigenvalue weighted by atomic mass is 9.67. The van der Waals surface area contributed by atoms with Crippen molar-refractivity contribution >= 4 is 5.97 Å². The summed E-state index contributed by atoms with van der Waals surface area (Å²) in [7, 11) is 1.63. The zero-order chi connectivity index (χ0) is 14.1. The largest absolute Gasteiger partial charge is 0.497 e. The standard InChI is InChI=1S/C15H20O4/c1-14(2,13(16)17)8-15(9-19-10-15)11-5-4-6-12(7-11)18-3/h4-7H,8-10H2,1-3H3,(H,16,17). The first-order chi connectivity index (χ1) is 8.89. The van der Waals surface area contributed by atoms with Gasteiger partial charge in [0.05, 0.1) is 25.7 Å². The average molecular weight is 264 g/mol. The summed E-state index contributed by atoms with van der Waals surface area (Å²) >= 11 is 0. The van der Waals surface area contributed by atoms with Gasteiger partial charge < -0.3 is 14.6 Å². The number of methoxy groups -OCH3 is 1. The van der Waals surface area contributed by atoms with Crippen molar-refractivity contribution in [3.63, 3.8) is 0 Å². The molecule has 1 saturated heterocycles. The average Bonchev–Trinajstić information content (AvgIpc) is 2.33. The fourth-order valence-corrected chi connectivity index (χ4v) is 2.59. The molecule has 0 bridgehead atoms. The first-order valence-electron chi connectivity index (χ1n) is 6.35. The Morgan fingerprint density at radius 3 is 2.63 bits per heavy atom. The molecule has 1 aromatic carbocycles. The smallest absolute Gasteiger partial charge is 0.309 e. The summed E-state index contributed by atoms with van der Waals surface area (Å²) in [6.45, 7) is 4.65. The van der Waals surface area contributed by atoms with Crippen LogP contribution in [0.5, 0.6) is 5.75 Å². The first-order valence-corrected chi connectivity index (χ1v) is 6.35. The Morgan fingerprint density at radius 2 is 2.16 bits per heavy atom. The van der Waals surface area contributed by atoms with Crippen molar-refractivity contribution in [2.24, 2.45) is 5.41 Å². The monoisotopic (exact) mass is 264 g/mol. The molecule has 2 rings (SSSR count). The fraction of sp³-hybridized carbons (Fsp3) is 0.533. The first kappa shape index (κ1) is 13.9. The molecule has 0 radical (unpaired) electrons. The Labute approximate surface area is 113 Å². The Hall–Kier alpha value is -1.55. The van der Waals surface area contributed by atoms with Crippen molar-refractivity contribution < 1.29 is 19.4 Å². The minimum atomic E-state index is -0.776. The van der Waals surface area contributed by atoms with E-state index in [9.17, 15) is 9.90 Å². The van der Waals surface area contributed by atoms with Gasteiger partial charge in [-0.2, -0.15) is 0 Å². The van der Waals surface area contributed by atoms with E-state index in [2.05, 4.69) is 0 Å². The highest BCUT2D eigenvalue weighted by Crippen LogP contribution is 2.43. The minimum absolute atomic E-state index is 0.212. The van der Waals surface area contributed by atoms with Gasteiger partial charge in [0.25, 0.3) is 0 Å². The van der Waals surface area contributed by atoms with Crippen LogP contribution >= 0.6 is 0 Å². The summed E-state index contributed by atoms with van der Waals surface area (Å²) in [6.07, 6.45) is 0.558. The second-order valence-electron chi connectivity index (χ2n) is 5.87. The molecule has 104 valence electrons. The van der Waals surface area contributed by atoms with E-state index in [-0.39, 0.29) is 5.41 Å². The molecule has 1 N–H and O–H groups in total. The van der Waals surface area contributed by atoms with E-state index in [1.54, 1.807) is 21.0 Å². The summed E-state index contributed by atoms with van der Waals surface area (Å²) in [6, 6.07) is 7.81. The third-order valence-corrected chi connectivity index (χ3v) is 3.80. The van der Waals surface area contributed by atoms with Crippen LogP contribution in [0, 0.1) is 5.41 Å². The van der Waals surface area contributed by atoms with Crippen molar-refractivity contribution in [1.82, 2.24) is 0 Å². The number of carboxylic acids is 1. The number of hydrogen-bond donors (Lipinski definition) is 1. The SMILES string of the molecule is COc1cccc(C2(CC(C)(C)C(=O)O)COC2)c1. The Kier molecular flexibility index (Phi) is 3.54. The predicted molar refractivity (Wildman–Crippen MR) is 71.5 cm³/mol. The lowest BCUT2D eigenvalue weighted by Gasteiger charge is -2.45. The number of benzene rings is 1. The van der Waals surface area contributed by atoms with E-state index in [4.69, 9.17) is 9.47 Å². The normalized spacial score (nSPS) is 17.6. The van der Waals surface area contributed by atoms with Crippen LogP contribution in [0.15, 0.2) is 24.3 Å². The van der Waals surface area contributed by atoms with Gasteiger partial charge in [-0.15, -0.1) is 0 Å². The topological polar surface area (TPSA) is 55.8 Å². The zero-order valence-corrected chi connectivity index (χ0v) is 11.6. The van der Waals surface area contributed by atoms with Gasteiger partial charge in [-0.1, -0.05) is 12.1 Å². The van der Waals surface area contributed by atoms with Gasteiger partial charge in [0.15, 0.2) is 0 Å². The summed E-state index contributed by atoms with van der Waals surface area (Å²) in [4.78, 5) is 11.3. The number of rotatable bonds is 5. The number of hydrogen-bond acceptors (Lipinski definition) is 3. The third-order valence-electron chi connectivity index (χ3n) is 3.80. The highest BCUT2D eigenvalue weighted by atomic mass is 16.5. The molecule has 0 unspecified atom stereocenters. The molecular formula is C15H20O4. The molecule has 0 spiro atoms. The van der Waals surface area contributed by atoms with Gasteiger partial charge in [0.1, 0.15) is 5.75 Å². The van der Waals surface area contributed by atoms with Crippen LogP contribution in [0.3, 0.4) is 0 Å². The predicted octanol–water partition coefficient (Wildman–Crippen LogP) is 2.46. The summed E-state index contributed by atoms with van der Waals surface area (Å²) in [5.74, 6) is 0.0126. The molecule has 4 nitrogen and oxygen atoms in total. The van der Waals surface area contributed by atoms with E-state index in [0.717, 1.165) is 11.3 Å². The van der Waals surface area contributed by atoms with Crippen LogP contribution in [-0.2, 0) is 14.9 Å². The molecule has 1 aliphatic rings. The van der Waals surface area contributed by atoms with Gasteiger partial charge in [-0.3, -0.25) is 4.79 Å². The highest BCUT2D eigenvalue weighted by Gasteiger charge is 2.46. The van der Waals surface area contributed by atoms with Gasteiger partial charge >= 0.3 is 5.97 Å². The molecule has 4 heteroatoms. The Morgan fingerprint density at radius 1 is 1.47 bits per heavy atom. The Bertz CT molecular complexity index is 475. The molecule has 19 heavy (non-hydrogen) atoms. The lowest BCUT2D eigenvalue weighted by Crippen LogP contribution is -2.50. The number of carbonyl (C=O) groups is 1. The molecule has 0 saturated carbocycles. The summed E-state index contributed by atoms with van der Waals surface area (Å²) < 4.78 is 10.6. The van der Waals surface area contributed by atoms with Gasteiger partial charge in [0, 0.05) is 5.41 Å². The molecule has 0 aliphatic carbocycles. The second-order valence-corrected chi connectivity index (χ2v) is 5.87. The summed E-state index contributed by atoms with van der Waals surface area (Å²) in [5.41, 5.74) is 0.107. The van der Waals surface area contributed by atoms with Crippen LogP contribution in [0.1, 0.15) is 25.8 Å². The molecule has 1 fully saturated rings. The molecule has 1 heterocycles. The maximum atomic E-state index is 11.3. The molecule has 1 aromatic rings. The number of aliphatic carboxylic acids is 1. The van der Waals surface area contributed by atoms with Gasteiger partial charge in [0.2, 0.25) is 0 Å². The van der Waals surface area contributed by atoms with Crippen LogP contribution < -0.4 is 4.74 Å². The van der Waals surface area contributed by atoms with E-state index in [0.29, 0.717) is 19.6 Å². The molecular weight excluding hydrogens is 244 g/mol. The summed E-state index contributed by atoms with van der Waals surface area (Å²) in [5, 5.41) is 9.31. The molecule has 0 atom stereocenters. The number of ether oxygens (including phenoxy) is 2. The highest BCUT2D eigenvalue weighted by molar-refractivity contribution is 5.73. The quantitative estimate of drug-likeness (QED) is 0.887. The maximum absolute atomic E-state index is 11.3. The van der Waals surface area contributed by atoms with Crippen molar-refractivity contribution in [1.29, 1.82) is 0 Å².